The van der Waals surface area contributed by atoms with Crippen molar-refractivity contribution in [3.8, 4) is 17.2 Å². The molecule has 2 aromatic carbocycles. The van der Waals surface area contributed by atoms with E-state index in [1.54, 1.807) is 24.3 Å². The van der Waals surface area contributed by atoms with Crippen LogP contribution in [0.4, 0.5) is 5.69 Å². The number of anilines is 1. The van der Waals surface area contributed by atoms with Gasteiger partial charge in [0.05, 0.1) is 24.9 Å². The summed E-state index contributed by atoms with van der Waals surface area (Å²) < 4.78 is 21.2. The number of hydrogen-bond acceptors (Lipinski definition) is 6. The molecule has 0 atom stereocenters. The number of amides is 1. The lowest BCUT2D eigenvalue weighted by Gasteiger charge is -2.13. The molecule has 0 unspecified atom stereocenters. The summed E-state index contributed by atoms with van der Waals surface area (Å²) in [5.74, 6) is 0.832. The van der Waals surface area contributed by atoms with Gasteiger partial charge < -0.3 is 23.9 Å². The highest BCUT2D eigenvalue weighted by Crippen LogP contribution is 2.35. The van der Waals surface area contributed by atoms with Gasteiger partial charge in [0.1, 0.15) is 22.8 Å². The number of carbonyl (C=O) groups is 1. The van der Waals surface area contributed by atoms with E-state index in [9.17, 15) is 9.59 Å². The number of halogens is 1. The number of methoxy groups -OCH3 is 2. The number of ether oxygens (including phenoxy) is 3. The highest BCUT2D eigenvalue weighted by molar-refractivity contribution is 6.32. The average Bonchev–Trinajstić information content (AvgIpc) is 2.71. The van der Waals surface area contributed by atoms with Crippen LogP contribution < -0.4 is 25.2 Å². The molecule has 7 nitrogen and oxygen atoms in total. The first-order chi connectivity index (χ1) is 13.9. The van der Waals surface area contributed by atoms with Crippen molar-refractivity contribution in [2.45, 2.75) is 13.3 Å². The molecule has 0 aliphatic rings. The van der Waals surface area contributed by atoms with E-state index >= 15 is 0 Å². The van der Waals surface area contributed by atoms with Gasteiger partial charge in [0, 0.05) is 23.6 Å². The molecule has 1 aromatic heterocycles. The van der Waals surface area contributed by atoms with Crippen LogP contribution in [-0.4, -0.2) is 26.7 Å². The molecule has 0 radical (unpaired) electrons. The Morgan fingerprint density at radius 2 is 1.86 bits per heavy atom. The number of hydrogen-bond donors (Lipinski definition) is 1. The van der Waals surface area contributed by atoms with Crippen LogP contribution in [0.2, 0.25) is 5.02 Å². The van der Waals surface area contributed by atoms with Crippen LogP contribution in [0.5, 0.6) is 17.2 Å². The lowest BCUT2D eigenvalue weighted by Crippen LogP contribution is -2.20. The Balaban J connectivity index is 1.73. The van der Waals surface area contributed by atoms with Gasteiger partial charge >= 0.3 is 5.63 Å². The first-order valence-electron chi connectivity index (χ1n) is 8.86. The fraction of sp³-hybridized carbons (Fsp3) is 0.238. The highest BCUT2D eigenvalue weighted by Gasteiger charge is 2.13. The van der Waals surface area contributed by atoms with E-state index in [1.807, 2.05) is 6.92 Å². The third kappa shape index (κ3) is 4.63. The Bertz CT molecular complexity index is 1110. The fourth-order valence-corrected chi connectivity index (χ4v) is 3.13. The van der Waals surface area contributed by atoms with Gasteiger partial charge in [-0.2, -0.15) is 0 Å². The van der Waals surface area contributed by atoms with Gasteiger partial charge in [0.25, 0.3) is 5.91 Å². The van der Waals surface area contributed by atoms with Crippen molar-refractivity contribution >= 4 is 34.2 Å². The van der Waals surface area contributed by atoms with Gasteiger partial charge in [-0.1, -0.05) is 18.5 Å². The molecule has 3 rings (SSSR count). The van der Waals surface area contributed by atoms with Crippen molar-refractivity contribution in [3.05, 3.63) is 57.4 Å². The van der Waals surface area contributed by atoms with Crippen molar-refractivity contribution in [2.75, 3.05) is 26.1 Å². The number of benzene rings is 2. The second kappa shape index (κ2) is 8.87. The summed E-state index contributed by atoms with van der Waals surface area (Å²) in [7, 11) is 2.96. The Hall–Kier alpha value is -3.19. The maximum absolute atomic E-state index is 12.3. The van der Waals surface area contributed by atoms with Gasteiger partial charge in [-0.15, -0.1) is 0 Å². The molecule has 0 aliphatic heterocycles. The van der Waals surface area contributed by atoms with E-state index in [0.29, 0.717) is 40.0 Å². The van der Waals surface area contributed by atoms with Crippen molar-refractivity contribution < 1.29 is 23.4 Å². The van der Waals surface area contributed by atoms with E-state index in [2.05, 4.69) is 5.32 Å². The van der Waals surface area contributed by atoms with Crippen LogP contribution >= 0.6 is 11.6 Å². The fourth-order valence-electron chi connectivity index (χ4n) is 2.89. The summed E-state index contributed by atoms with van der Waals surface area (Å²) in [4.78, 5) is 24.0. The molecular formula is C21H20ClNO6. The van der Waals surface area contributed by atoms with Crippen molar-refractivity contribution in [2.24, 2.45) is 0 Å². The molecule has 1 heterocycles. The summed E-state index contributed by atoms with van der Waals surface area (Å²) in [6.45, 7) is 1.71. The van der Waals surface area contributed by atoms with Crippen LogP contribution in [0.3, 0.4) is 0 Å². The number of carbonyl (C=O) groups excluding carboxylic acids is 1. The van der Waals surface area contributed by atoms with E-state index in [0.717, 1.165) is 10.9 Å². The van der Waals surface area contributed by atoms with E-state index in [-0.39, 0.29) is 6.61 Å². The molecule has 0 saturated carbocycles. The first-order valence-corrected chi connectivity index (χ1v) is 9.24. The SMILES string of the molecule is CCc1cc(=O)oc2cc(OCC(=O)Nc3cc(Cl)c(OC)cc3OC)ccc12. The molecule has 0 spiro atoms. The Morgan fingerprint density at radius 3 is 2.55 bits per heavy atom. The highest BCUT2D eigenvalue weighted by atomic mass is 35.5. The minimum Gasteiger partial charge on any atom is -0.495 e. The standard InChI is InChI=1S/C21H20ClNO6/c1-4-12-7-21(25)29-17-8-13(5-6-14(12)17)28-11-20(24)23-16-9-15(22)18(26-2)10-19(16)27-3/h5-10H,4,11H2,1-3H3,(H,23,24). The predicted molar refractivity (Wildman–Crippen MR) is 111 cm³/mol. The molecule has 152 valence electrons. The monoisotopic (exact) mass is 417 g/mol. The topological polar surface area (TPSA) is 87.0 Å². The van der Waals surface area contributed by atoms with Crippen molar-refractivity contribution in [3.63, 3.8) is 0 Å². The van der Waals surface area contributed by atoms with Gasteiger partial charge in [-0.05, 0) is 30.2 Å². The van der Waals surface area contributed by atoms with Crippen LogP contribution in [0, 0.1) is 0 Å². The molecule has 1 amide bonds. The van der Waals surface area contributed by atoms with Crippen LogP contribution in [0.1, 0.15) is 12.5 Å². The average molecular weight is 418 g/mol. The zero-order valence-corrected chi connectivity index (χ0v) is 17.0. The molecule has 3 aromatic rings. The van der Waals surface area contributed by atoms with E-state index in [4.69, 9.17) is 30.2 Å². The summed E-state index contributed by atoms with van der Waals surface area (Å²) >= 11 is 6.11. The largest absolute Gasteiger partial charge is 0.495 e. The van der Waals surface area contributed by atoms with Crippen LogP contribution in [0.15, 0.2) is 45.6 Å². The maximum atomic E-state index is 12.3. The third-order valence-electron chi connectivity index (χ3n) is 4.30. The molecular weight excluding hydrogens is 398 g/mol. The van der Waals surface area contributed by atoms with Crippen LogP contribution in [0.25, 0.3) is 11.0 Å². The molecule has 1 N–H and O–H groups in total. The maximum Gasteiger partial charge on any atom is 0.336 e. The summed E-state index contributed by atoms with van der Waals surface area (Å²) in [5, 5.41) is 3.85. The number of rotatable bonds is 7. The molecule has 0 bridgehead atoms. The molecule has 8 heteroatoms. The number of aryl methyl sites for hydroxylation is 1. The minimum atomic E-state index is -0.423. The van der Waals surface area contributed by atoms with Gasteiger partial charge in [-0.25, -0.2) is 4.79 Å². The summed E-state index contributed by atoms with van der Waals surface area (Å²) in [5.41, 5.74) is 1.27. The lowest BCUT2D eigenvalue weighted by molar-refractivity contribution is -0.118. The summed E-state index contributed by atoms with van der Waals surface area (Å²) in [6.07, 6.45) is 0.705. The summed E-state index contributed by atoms with van der Waals surface area (Å²) in [6, 6.07) is 9.71. The normalized spacial score (nSPS) is 10.6. The van der Waals surface area contributed by atoms with Crippen molar-refractivity contribution in [1.29, 1.82) is 0 Å². The Kier molecular flexibility index (Phi) is 6.29. The van der Waals surface area contributed by atoms with Gasteiger partial charge in [0.15, 0.2) is 6.61 Å². The van der Waals surface area contributed by atoms with Crippen molar-refractivity contribution in [1.82, 2.24) is 0 Å². The minimum absolute atomic E-state index is 0.254. The number of nitrogens with one attached hydrogen (secondary N) is 1. The smallest absolute Gasteiger partial charge is 0.336 e. The molecule has 0 saturated heterocycles. The number of fused-ring (bicyclic) bond motifs is 1. The zero-order chi connectivity index (χ0) is 21.0. The van der Waals surface area contributed by atoms with Crippen LogP contribution in [-0.2, 0) is 11.2 Å². The molecule has 0 aliphatic carbocycles. The predicted octanol–water partition coefficient (Wildman–Crippen LogP) is 4.04. The third-order valence-corrected chi connectivity index (χ3v) is 4.60. The second-order valence-corrected chi connectivity index (χ2v) is 6.53. The van der Waals surface area contributed by atoms with Gasteiger partial charge in [0.2, 0.25) is 0 Å². The first kappa shape index (κ1) is 20.5. The van der Waals surface area contributed by atoms with E-state index < -0.39 is 11.5 Å². The molecule has 0 fully saturated rings. The lowest BCUT2D eigenvalue weighted by atomic mass is 10.1. The van der Waals surface area contributed by atoms with E-state index in [1.165, 1.54) is 26.4 Å². The molecule has 29 heavy (non-hydrogen) atoms. The Labute approximate surface area is 172 Å². The Morgan fingerprint density at radius 1 is 1.10 bits per heavy atom. The quantitative estimate of drug-likeness (QED) is 0.584. The second-order valence-electron chi connectivity index (χ2n) is 6.13. The zero-order valence-electron chi connectivity index (χ0n) is 16.2. The van der Waals surface area contributed by atoms with Gasteiger partial charge in [-0.3, -0.25) is 4.79 Å².